The standard InChI is InChI=1S/C14H12N2O/c1-2-3-9-14(17)13-10-11-16(15-13)12-7-5-4-6-8-12/h1,4-8,10-11H,3,9H2. The Morgan fingerprint density at radius 2 is 2.06 bits per heavy atom. The van der Waals surface area contributed by atoms with Crippen LogP contribution in [0.15, 0.2) is 42.6 Å². The first-order valence-electron chi connectivity index (χ1n) is 5.39. The fourth-order valence-electron chi connectivity index (χ4n) is 1.51. The van der Waals surface area contributed by atoms with E-state index < -0.39 is 0 Å². The summed E-state index contributed by atoms with van der Waals surface area (Å²) in [5, 5.41) is 4.23. The molecule has 0 atom stereocenters. The fraction of sp³-hybridized carbons (Fsp3) is 0.143. The summed E-state index contributed by atoms with van der Waals surface area (Å²) in [7, 11) is 0. The van der Waals surface area contributed by atoms with E-state index in [1.165, 1.54) is 0 Å². The normalized spacial score (nSPS) is 9.82. The zero-order chi connectivity index (χ0) is 12.1. The van der Waals surface area contributed by atoms with Gasteiger partial charge in [-0.05, 0) is 18.2 Å². The Kier molecular flexibility index (Phi) is 3.37. The number of nitrogens with zero attached hydrogens (tertiary/aromatic N) is 2. The zero-order valence-electron chi connectivity index (χ0n) is 9.34. The minimum atomic E-state index is -0.0161. The molecule has 0 fully saturated rings. The molecule has 0 aliphatic carbocycles. The van der Waals surface area contributed by atoms with Gasteiger partial charge in [0, 0.05) is 19.0 Å². The molecule has 0 saturated carbocycles. The van der Waals surface area contributed by atoms with Crippen molar-refractivity contribution >= 4 is 5.78 Å². The predicted molar refractivity (Wildman–Crippen MR) is 66.0 cm³/mol. The maximum atomic E-state index is 11.7. The summed E-state index contributed by atoms with van der Waals surface area (Å²) in [6.45, 7) is 0. The molecule has 0 unspecified atom stereocenters. The highest BCUT2D eigenvalue weighted by Crippen LogP contribution is 2.08. The van der Waals surface area contributed by atoms with E-state index in [2.05, 4.69) is 11.0 Å². The molecule has 0 radical (unpaired) electrons. The van der Waals surface area contributed by atoms with Crippen LogP contribution in [-0.4, -0.2) is 15.6 Å². The maximum absolute atomic E-state index is 11.7. The van der Waals surface area contributed by atoms with Crippen LogP contribution in [0.1, 0.15) is 23.3 Å². The summed E-state index contributed by atoms with van der Waals surface area (Å²) in [6, 6.07) is 11.4. The van der Waals surface area contributed by atoms with Crippen LogP contribution in [0, 0.1) is 12.3 Å². The lowest BCUT2D eigenvalue weighted by Crippen LogP contribution is -2.02. The number of para-hydroxylation sites is 1. The Bertz CT molecular complexity index is 549. The first-order chi connectivity index (χ1) is 8.31. The maximum Gasteiger partial charge on any atom is 0.184 e. The summed E-state index contributed by atoms with van der Waals surface area (Å²) >= 11 is 0. The van der Waals surface area contributed by atoms with Gasteiger partial charge in [0.15, 0.2) is 5.78 Å². The summed E-state index contributed by atoms with van der Waals surface area (Å²) < 4.78 is 1.68. The van der Waals surface area contributed by atoms with Crippen LogP contribution in [0.5, 0.6) is 0 Å². The second-order valence-electron chi connectivity index (χ2n) is 3.61. The third-order valence-electron chi connectivity index (χ3n) is 2.39. The van der Waals surface area contributed by atoms with Crippen molar-refractivity contribution in [1.29, 1.82) is 0 Å². The molecule has 2 aromatic rings. The highest BCUT2D eigenvalue weighted by atomic mass is 16.1. The molecule has 0 spiro atoms. The average molecular weight is 224 g/mol. The SMILES string of the molecule is C#CCCC(=O)c1ccn(-c2ccccc2)n1. The van der Waals surface area contributed by atoms with Gasteiger partial charge in [0.1, 0.15) is 5.69 Å². The first-order valence-corrected chi connectivity index (χ1v) is 5.39. The summed E-state index contributed by atoms with van der Waals surface area (Å²) in [5.74, 6) is 2.44. The Labute approximate surface area is 100 Å². The van der Waals surface area contributed by atoms with Gasteiger partial charge in [-0.1, -0.05) is 18.2 Å². The second kappa shape index (κ2) is 5.13. The molecule has 3 heteroatoms. The van der Waals surface area contributed by atoms with E-state index in [0.717, 1.165) is 5.69 Å². The Morgan fingerprint density at radius 3 is 2.76 bits per heavy atom. The van der Waals surface area contributed by atoms with E-state index in [4.69, 9.17) is 6.42 Å². The van der Waals surface area contributed by atoms with Crippen molar-refractivity contribution in [3.63, 3.8) is 0 Å². The molecule has 84 valence electrons. The molecule has 1 heterocycles. The number of Topliss-reactive ketones (excluding diaryl/α,β-unsaturated/α-hetero) is 1. The van der Waals surface area contributed by atoms with Crippen molar-refractivity contribution in [2.75, 3.05) is 0 Å². The highest BCUT2D eigenvalue weighted by molar-refractivity contribution is 5.94. The van der Waals surface area contributed by atoms with Crippen molar-refractivity contribution in [2.24, 2.45) is 0 Å². The van der Waals surface area contributed by atoms with Gasteiger partial charge in [-0.15, -0.1) is 12.3 Å². The molecular weight excluding hydrogens is 212 g/mol. The van der Waals surface area contributed by atoms with E-state index in [-0.39, 0.29) is 5.78 Å². The molecule has 1 aromatic heterocycles. The number of hydrogen-bond acceptors (Lipinski definition) is 2. The highest BCUT2D eigenvalue weighted by Gasteiger charge is 2.09. The molecule has 1 aromatic carbocycles. The topological polar surface area (TPSA) is 34.9 Å². The Balaban J connectivity index is 2.17. The number of carbonyl (C=O) groups excluding carboxylic acids is 1. The monoisotopic (exact) mass is 224 g/mol. The van der Waals surface area contributed by atoms with Gasteiger partial charge < -0.3 is 0 Å². The molecule has 2 rings (SSSR count). The number of terminal acetylenes is 1. The summed E-state index contributed by atoms with van der Waals surface area (Å²) in [6.07, 6.45) is 7.70. The van der Waals surface area contributed by atoms with E-state index >= 15 is 0 Å². The molecule has 0 aliphatic rings. The number of rotatable bonds is 4. The van der Waals surface area contributed by atoms with Gasteiger partial charge in [0.05, 0.1) is 5.69 Å². The lowest BCUT2D eigenvalue weighted by molar-refractivity contribution is 0.0979. The van der Waals surface area contributed by atoms with Crippen molar-refractivity contribution in [3.8, 4) is 18.0 Å². The van der Waals surface area contributed by atoms with Gasteiger partial charge in [-0.25, -0.2) is 4.68 Å². The van der Waals surface area contributed by atoms with Crippen LogP contribution in [-0.2, 0) is 0 Å². The van der Waals surface area contributed by atoms with Crippen molar-refractivity contribution in [3.05, 3.63) is 48.3 Å². The van der Waals surface area contributed by atoms with E-state index in [9.17, 15) is 4.79 Å². The molecule has 0 bridgehead atoms. The van der Waals surface area contributed by atoms with E-state index in [0.29, 0.717) is 18.5 Å². The Hall–Kier alpha value is -2.34. The third-order valence-corrected chi connectivity index (χ3v) is 2.39. The Morgan fingerprint density at radius 1 is 1.29 bits per heavy atom. The molecule has 0 amide bonds. The number of hydrogen-bond donors (Lipinski definition) is 0. The van der Waals surface area contributed by atoms with Crippen molar-refractivity contribution < 1.29 is 4.79 Å². The van der Waals surface area contributed by atoms with Gasteiger partial charge >= 0.3 is 0 Å². The van der Waals surface area contributed by atoms with Crippen LogP contribution in [0.25, 0.3) is 5.69 Å². The van der Waals surface area contributed by atoms with Gasteiger partial charge in [-0.3, -0.25) is 4.79 Å². The lowest BCUT2D eigenvalue weighted by Gasteiger charge is -1.99. The first kappa shape index (κ1) is 11.2. The number of benzene rings is 1. The van der Waals surface area contributed by atoms with Gasteiger partial charge in [-0.2, -0.15) is 5.10 Å². The smallest absolute Gasteiger partial charge is 0.184 e. The van der Waals surface area contributed by atoms with Crippen molar-refractivity contribution in [2.45, 2.75) is 12.8 Å². The minimum Gasteiger partial charge on any atom is -0.292 e. The van der Waals surface area contributed by atoms with Crippen LogP contribution in [0.4, 0.5) is 0 Å². The van der Waals surface area contributed by atoms with Crippen molar-refractivity contribution in [1.82, 2.24) is 9.78 Å². The second-order valence-corrected chi connectivity index (χ2v) is 3.61. The van der Waals surface area contributed by atoms with E-state index in [1.807, 2.05) is 30.3 Å². The lowest BCUT2D eigenvalue weighted by atomic mass is 10.2. The number of ketones is 1. The van der Waals surface area contributed by atoms with Crippen LogP contribution >= 0.6 is 0 Å². The number of aromatic nitrogens is 2. The number of carbonyl (C=O) groups is 1. The minimum absolute atomic E-state index is 0.0161. The van der Waals surface area contributed by atoms with Gasteiger partial charge in [0.2, 0.25) is 0 Å². The molecule has 17 heavy (non-hydrogen) atoms. The van der Waals surface area contributed by atoms with Crippen LogP contribution in [0.3, 0.4) is 0 Å². The van der Waals surface area contributed by atoms with Crippen LogP contribution < -0.4 is 0 Å². The molecule has 3 nitrogen and oxygen atoms in total. The molecule has 0 N–H and O–H groups in total. The van der Waals surface area contributed by atoms with Gasteiger partial charge in [0.25, 0.3) is 0 Å². The third kappa shape index (κ3) is 2.61. The average Bonchev–Trinajstić information content (AvgIpc) is 2.86. The predicted octanol–water partition coefficient (Wildman–Crippen LogP) is 2.47. The fourth-order valence-corrected chi connectivity index (χ4v) is 1.51. The van der Waals surface area contributed by atoms with Crippen LogP contribution in [0.2, 0.25) is 0 Å². The molecule has 0 aliphatic heterocycles. The quantitative estimate of drug-likeness (QED) is 0.590. The zero-order valence-corrected chi connectivity index (χ0v) is 9.34. The molecular formula is C14H12N2O. The summed E-state index contributed by atoms with van der Waals surface area (Å²) in [5.41, 5.74) is 1.40. The largest absolute Gasteiger partial charge is 0.292 e. The van der Waals surface area contributed by atoms with E-state index in [1.54, 1.807) is 16.9 Å². The molecule has 0 saturated heterocycles. The summed E-state index contributed by atoms with van der Waals surface area (Å²) in [4.78, 5) is 11.7.